The highest BCUT2D eigenvalue weighted by Crippen LogP contribution is 2.37. The predicted molar refractivity (Wildman–Crippen MR) is 70.7 cm³/mol. The number of ether oxygens (including phenoxy) is 2. The molecule has 2 rings (SSSR count). The molecule has 7 heteroatoms. The Hall–Kier alpha value is -1.89. The van der Waals surface area contributed by atoms with Crippen LogP contribution in [-0.4, -0.2) is 31.7 Å². The molecule has 1 aliphatic carbocycles. The molecule has 0 unspecified atom stereocenters. The minimum Gasteiger partial charge on any atom is -0.490 e. The standard InChI is InChI=1S/C13H17FN2O4/c1-15-7-8-3-9(4-8)20-12-6-13(19-2)11(16(17)18)5-10(12)14/h5-6,8-9,15H,3-4,7H2,1-2H3. The van der Waals surface area contributed by atoms with Crippen LogP contribution in [0.25, 0.3) is 0 Å². The van der Waals surface area contributed by atoms with Crippen molar-refractivity contribution in [2.24, 2.45) is 5.92 Å². The summed E-state index contributed by atoms with van der Waals surface area (Å²) in [4.78, 5) is 10.1. The van der Waals surface area contributed by atoms with Crippen molar-refractivity contribution in [2.45, 2.75) is 18.9 Å². The van der Waals surface area contributed by atoms with Gasteiger partial charge in [0, 0.05) is 6.07 Å². The number of nitrogens with zero attached hydrogens (tertiary/aromatic N) is 1. The van der Waals surface area contributed by atoms with Crippen LogP contribution in [0.5, 0.6) is 11.5 Å². The molecule has 6 nitrogen and oxygen atoms in total. The largest absolute Gasteiger partial charge is 0.490 e. The number of benzene rings is 1. The average molecular weight is 284 g/mol. The molecule has 1 aromatic carbocycles. The summed E-state index contributed by atoms with van der Waals surface area (Å²) < 4.78 is 24.2. The summed E-state index contributed by atoms with van der Waals surface area (Å²) in [6.45, 7) is 0.909. The molecule has 20 heavy (non-hydrogen) atoms. The summed E-state index contributed by atoms with van der Waals surface area (Å²) >= 11 is 0. The molecule has 0 aromatic heterocycles. The van der Waals surface area contributed by atoms with Crippen molar-refractivity contribution in [1.29, 1.82) is 0 Å². The van der Waals surface area contributed by atoms with Crippen LogP contribution in [0, 0.1) is 21.8 Å². The number of halogens is 1. The highest BCUT2D eigenvalue weighted by atomic mass is 19.1. The second-order valence-corrected chi connectivity index (χ2v) is 4.85. The number of nitro groups is 1. The van der Waals surface area contributed by atoms with Crippen LogP contribution >= 0.6 is 0 Å². The van der Waals surface area contributed by atoms with E-state index in [4.69, 9.17) is 9.47 Å². The second-order valence-electron chi connectivity index (χ2n) is 4.85. The zero-order valence-corrected chi connectivity index (χ0v) is 11.4. The van der Waals surface area contributed by atoms with Crippen LogP contribution in [0.2, 0.25) is 0 Å². The first-order valence-corrected chi connectivity index (χ1v) is 6.38. The topological polar surface area (TPSA) is 73.6 Å². The summed E-state index contributed by atoms with van der Waals surface area (Å²) in [7, 11) is 3.19. The minimum absolute atomic E-state index is 0.000331. The molecule has 0 radical (unpaired) electrons. The van der Waals surface area contributed by atoms with E-state index in [9.17, 15) is 14.5 Å². The Bertz CT molecular complexity index is 503. The fourth-order valence-electron chi connectivity index (χ4n) is 2.33. The number of rotatable bonds is 6. The van der Waals surface area contributed by atoms with Crippen molar-refractivity contribution < 1.29 is 18.8 Å². The molecule has 0 heterocycles. The smallest absolute Gasteiger partial charge is 0.314 e. The third-order valence-corrected chi connectivity index (χ3v) is 3.41. The van der Waals surface area contributed by atoms with E-state index in [2.05, 4.69) is 5.32 Å². The van der Waals surface area contributed by atoms with Gasteiger partial charge in [0.15, 0.2) is 11.6 Å². The van der Waals surface area contributed by atoms with Crippen molar-refractivity contribution in [2.75, 3.05) is 20.7 Å². The predicted octanol–water partition coefficient (Wildman–Crippen LogP) is 2.12. The summed E-state index contributed by atoms with van der Waals surface area (Å²) in [5.74, 6) is -0.208. The Kier molecular flexibility index (Phi) is 4.39. The zero-order valence-electron chi connectivity index (χ0n) is 11.4. The van der Waals surface area contributed by atoms with Gasteiger partial charge >= 0.3 is 5.69 Å². The minimum atomic E-state index is -0.741. The van der Waals surface area contributed by atoms with E-state index in [1.54, 1.807) is 0 Å². The van der Waals surface area contributed by atoms with E-state index >= 15 is 0 Å². The maximum Gasteiger partial charge on any atom is 0.314 e. The monoisotopic (exact) mass is 284 g/mol. The quantitative estimate of drug-likeness (QED) is 0.640. The van der Waals surface area contributed by atoms with Gasteiger partial charge in [-0.05, 0) is 32.4 Å². The van der Waals surface area contributed by atoms with Gasteiger partial charge in [-0.1, -0.05) is 0 Å². The Labute approximate surface area is 116 Å². The van der Waals surface area contributed by atoms with Gasteiger partial charge in [0.2, 0.25) is 5.75 Å². The maximum atomic E-state index is 13.8. The van der Waals surface area contributed by atoms with Crippen LogP contribution in [0.4, 0.5) is 10.1 Å². The molecule has 0 atom stereocenters. The fraction of sp³-hybridized carbons (Fsp3) is 0.538. The van der Waals surface area contributed by atoms with Crippen LogP contribution in [-0.2, 0) is 0 Å². The molecular weight excluding hydrogens is 267 g/mol. The van der Waals surface area contributed by atoms with Crippen molar-refractivity contribution >= 4 is 5.69 Å². The molecule has 1 N–H and O–H groups in total. The van der Waals surface area contributed by atoms with E-state index < -0.39 is 16.4 Å². The van der Waals surface area contributed by atoms with Crippen molar-refractivity contribution in [1.82, 2.24) is 5.32 Å². The molecule has 0 saturated heterocycles. The van der Waals surface area contributed by atoms with Gasteiger partial charge in [0.25, 0.3) is 0 Å². The van der Waals surface area contributed by atoms with E-state index in [1.807, 2.05) is 7.05 Å². The molecule has 110 valence electrons. The van der Waals surface area contributed by atoms with Crippen molar-refractivity contribution in [3.8, 4) is 11.5 Å². The molecule has 0 amide bonds. The highest BCUT2D eigenvalue weighted by Gasteiger charge is 2.31. The van der Waals surface area contributed by atoms with E-state index in [-0.39, 0.29) is 17.6 Å². The Balaban J connectivity index is 2.07. The van der Waals surface area contributed by atoms with Gasteiger partial charge in [0.05, 0.1) is 24.2 Å². The van der Waals surface area contributed by atoms with E-state index in [0.717, 1.165) is 25.5 Å². The molecule has 1 aliphatic rings. The third kappa shape index (κ3) is 2.98. The molecule has 1 saturated carbocycles. The average Bonchev–Trinajstić information content (AvgIpc) is 2.37. The Morgan fingerprint density at radius 3 is 2.70 bits per heavy atom. The number of nitrogens with one attached hydrogen (secondary N) is 1. The van der Waals surface area contributed by atoms with E-state index in [0.29, 0.717) is 5.92 Å². The van der Waals surface area contributed by atoms with Crippen molar-refractivity contribution in [3.05, 3.63) is 28.1 Å². The van der Waals surface area contributed by atoms with Crippen LogP contribution in [0.3, 0.4) is 0 Å². The second kappa shape index (κ2) is 6.04. The zero-order chi connectivity index (χ0) is 14.7. The van der Waals surface area contributed by atoms with Crippen LogP contribution < -0.4 is 14.8 Å². The van der Waals surface area contributed by atoms with Crippen LogP contribution in [0.1, 0.15) is 12.8 Å². The molecular formula is C13H17FN2O4. The van der Waals surface area contributed by atoms with Gasteiger partial charge in [-0.3, -0.25) is 10.1 Å². The number of hydrogen-bond acceptors (Lipinski definition) is 5. The van der Waals surface area contributed by atoms with Gasteiger partial charge in [-0.15, -0.1) is 0 Å². The summed E-state index contributed by atoms with van der Waals surface area (Å²) in [5.41, 5.74) is -0.404. The third-order valence-electron chi connectivity index (χ3n) is 3.41. The molecule has 0 aliphatic heterocycles. The first-order chi connectivity index (χ1) is 9.55. The normalized spacial score (nSPS) is 21.1. The number of nitro benzene ring substituents is 1. The lowest BCUT2D eigenvalue weighted by Crippen LogP contribution is -2.38. The number of methoxy groups -OCH3 is 1. The van der Waals surface area contributed by atoms with Gasteiger partial charge in [0.1, 0.15) is 0 Å². The molecule has 0 spiro atoms. The van der Waals surface area contributed by atoms with Gasteiger partial charge < -0.3 is 14.8 Å². The van der Waals surface area contributed by atoms with E-state index in [1.165, 1.54) is 13.2 Å². The van der Waals surface area contributed by atoms with Crippen molar-refractivity contribution in [3.63, 3.8) is 0 Å². The summed E-state index contributed by atoms with van der Waals surface area (Å²) in [6, 6.07) is 2.07. The van der Waals surface area contributed by atoms with Gasteiger partial charge in [-0.25, -0.2) is 4.39 Å². The lowest BCUT2D eigenvalue weighted by atomic mass is 9.82. The summed E-state index contributed by atoms with van der Waals surface area (Å²) in [6.07, 6.45) is 1.65. The lowest BCUT2D eigenvalue weighted by Gasteiger charge is -2.35. The number of hydrogen-bond donors (Lipinski definition) is 1. The maximum absolute atomic E-state index is 13.8. The Morgan fingerprint density at radius 1 is 1.45 bits per heavy atom. The first-order valence-electron chi connectivity index (χ1n) is 6.38. The summed E-state index contributed by atoms with van der Waals surface area (Å²) in [5, 5.41) is 13.8. The van der Waals surface area contributed by atoms with Crippen LogP contribution in [0.15, 0.2) is 12.1 Å². The fourth-order valence-corrected chi connectivity index (χ4v) is 2.33. The molecule has 0 bridgehead atoms. The van der Waals surface area contributed by atoms with Gasteiger partial charge in [-0.2, -0.15) is 0 Å². The highest BCUT2D eigenvalue weighted by molar-refractivity contribution is 5.51. The lowest BCUT2D eigenvalue weighted by molar-refractivity contribution is -0.386. The molecule has 1 aromatic rings. The Morgan fingerprint density at radius 2 is 2.15 bits per heavy atom. The molecule has 1 fully saturated rings. The SMILES string of the molecule is CNCC1CC(Oc2cc(OC)c([N+](=O)[O-])cc2F)C1. The first kappa shape index (κ1) is 14.5.